The largest absolute Gasteiger partial charge is 0.462 e. The Morgan fingerprint density at radius 1 is 1.41 bits per heavy atom. The standard InChI is InChI=1S/C13H16BrClO2/c1-2-17-13(16)12-10(7-4-8-15)5-3-6-11(12)9-14/h3,5-6H,2,4,7-9H2,1H3. The van der Waals surface area contributed by atoms with Gasteiger partial charge in [0.1, 0.15) is 0 Å². The number of ether oxygens (including phenoxy) is 1. The molecule has 0 N–H and O–H groups in total. The zero-order chi connectivity index (χ0) is 12.7. The number of halogens is 2. The Morgan fingerprint density at radius 2 is 2.12 bits per heavy atom. The first kappa shape index (κ1) is 14.5. The van der Waals surface area contributed by atoms with Crippen LogP contribution in [0.25, 0.3) is 0 Å². The molecule has 4 heteroatoms. The minimum Gasteiger partial charge on any atom is -0.462 e. The van der Waals surface area contributed by atoms with Gasteiger partial charge in [-0.2, -0.15) is 0 Å². The Kier molecular flexibility index (Phi) is 6.60. The highest BCUT2D eigenvalue weighted by Crippen LogP contribution is 2.20. The van der Waals surface area contributed by atoms with Crippen molar-refractivity contribution in [2.24, 2.45) is 0 Å². The summed E-state index contributed by atoms with van der Waals surface area (Å²) in [5.41, 5.74) is 2.67. The highest BCUT2D eigenvalue weighted by Gasteiger charge is 2.16. The zero-order valence-electron chi connectivity index (χ0n) is 9.84. The summed E-state index contributed by atoms with van der Waals surface area (Å²) in [6, 6.07) is 5.86. The van der Waals surface area contributed by atoms with Crippen LogP contribution in [0.4, 0.5) is 0 Å². The van der Waals surface area contributed by atoms with Crippen molar-refractivity contribution >= 4 is 33.5 Å². The Hall–Kier alpha value is -0.540. The third-order valence-corrected chi connectivity index (χ3v) is 3.31. The monoisotopic (exact) mass is 318 g/mol. The molecule has 1 rings (SSSR count). The van der Waals surface area contributed by atoms with Gasteiger partial charge in [0.25, 0.3) is 0 Å². The van der Waals surface area contributed by atoms with E-state index in [1.54, 1.807) is 0 Å². The number of carbonyl (C=O) groups excluding carboxylic acids is 1. The highest BCUT2D eigenvalue weighted by molar-refractivity contribution is 9.08. The molecule has 1 aromatic carbocycles. The van der Waals surface area contributed by atoms with Crippen LogP contribution < -0.4 is 0 Å². The fourth-order valence-electron chi connectivity index (χ4n) is 1.70. The lowest BCUT2D eigenvalue weighted by Gasteiger charge is -2.12. The number of hydrogen-bond acceptors (Lipinski definition) is 2. The summed E-state index contributed by atoms with van der Waals surface area (Å²) >= 11 is 9.09. The van der Waals surface area contributed by atoms with Gasteiger partial charge in [0.2, 0.25) is 0 Å². The molecule has 0 amide bonds. The lowest BCUT2D eigenvalue weighted by Crippen LogP contribution is -2.11. The molecule has 0 saturated heterocycles. The van der Waals surface area contributed by atoms with E-state index in [1.165, 1.54) is 0 Å². The van der Waals surface area contributed by atoms with Crippen LogP contribution in [0.15, 0.2) is 18.2 Å². The van der Waals surface area contributed by atoms with Gasteiger partial charge in [-0.3, -0.25) is 0 Å². The smallest absolute Gasteiger partial charge is 0.338 e. The predicted molar refractivity (Wildman–Crippen MR) is 74.1 cm³/mol. The SMILES string of the molecule is CCOC(=O)c1c(CBr)cccc1CCCCl. The van der Waals surface area contributed by atoms with E-state index < -0.39 is 0 Å². The lowest BCUT2D eigenvalue weighted by molar-refractivity contribution is 0.0524. The molecule has 0 atom stereocenters. The first-order valence-corrected chi connectivity index (χ1v) is 7.30. The van der Waals surface area contributed by atoms with Gasteiger partial charge in [0, 0.05) is 11.2 Å². The molecule has 0 aliphatic heterocycles. The maximum atomic E-state index is 11.9. The Balaban J connectivity index is 3.06. The molecule has 0 spiro atoms. The van der Waals surface area contributed by atoms with Crippen molar-refractivity contribution < 1.29 is 9.53 Å². The summed E-state index contributed by atoms with van der Waals surface area (Å²) in [4.78, 5) is 11.9. The van der Waals surface area contributed by atoms with E-state index in [0.717, 1.165) is 24.0 Å². The van der Waals surface area contributed by atoms with Crippen LogP contribution in [0.2, 0.25) is 0 Å². The van der Waals surface area contributed by atoms with Gasteiger partial charge >= 0.3 is 5.97 Å². The van der Waals surface area contributed by atoms with Crippen LogP contribution in [0.5, 0.6) is 0 Å². The molecule has 0 unspecified atom stereocenters. The van der Waals surface area contributed by atoms with Crippen LogP contribution in [-0.4, -0.2) is 18.5 Å². The van der Waals surface area contributed by atoms with E-state index in [-0.39, 0.29) is 5.97 Å². The van der Waals surface area contributed by atoms with Gasteiger partial charge in [-0.25, -0.2) is 4.79 Å². The second kappa shape index (κ2) is 7.72. The number of hydrogen-bond donors (Lipinski definition) is 0. The fourth-order valence-corrected chi connectivity index (χ4v) is 2.30. The predicted octanol–water partition coefficient (Wildman–Crippen LogP) is 3.93. The molecule has 0 saturated carbocycles. The van der Waals surface area contributed by atoms with Crippen LogP contribution in [-0.2, 0) is 16.5 Å². The molecule has 0 heterocycles. The fraction of sp³-hybridized carbons (Fsp3) is 0.462. The van der Waals surface area contributed by atoms with E-state index in [9.17, 15) is 4.79 Å². The molecule has 17 heavy (non-hydrogen) atoms. The average Bonchev–Trinajstić information content (AvgIpc) is 2.35. The molecule has 1 aromatic rings. The van der Waals surface area contributed by atoms with Crippen molar-refractivity contribution in [2.75, 3.05) is 12.5 Å². The Bertz CT molecular complexity index is 380. The van der Waals surface area contributed by atoms with E-state index in [1.807, 2.05) is 25.1 Å². The normalized spacial score (nSPS) is 10.3. The third kappa shape index (κ3) is 4.00. The maximum Gasteiger partial charge on any atom is 0.338 e. The van der Waals surface area contributed by atoms with Crippen molar-refractivity contribution in [3.05, 3.63) is 34.9 Å². The summed E-state index contributed by atoms with van der Waals surface area (Å²) in [6.07, 6.45) is 1.66. The van der Waals surface area contributed by atoms with Crippen LogP contribution >= 0.6 is 27.5 Å². The summed E-state index contributed by atoms with van der Waals surface area (Å²) in [5, 5.41) is 0.649. The number of rotatable bonds is 6. The zero-order valence-corrected chi connectivity index (χ0v) is 12.2. The number of benzene rings is 1. The van der Waals surface area contributed by atoms with Crippen LogP contribution in [0, 0.1) is 0 Å². The molecular weight excluding hydrogens is 303 g/mol. The quantitative estimate of drug-likeness (QED) is 0.586. The topological polar surface area (TPSA) is 26.3 Å². The second-order valence-electron chi connectivity index (χ2n) is 3.60. The van der Waals surface area contributed by atoms with Gasteiger partial charge in [0.15, 0.2) is 0 Å². The van der Waals surface area contributed by atoms with Crippen molar-refractivity contribution in [3.63, 3.8) is 0 Å². The molecule has 94 valence electrons. The third-order valence-electron chi connectivity index (χ3n) is 2.44. The average molecular weight is 320 g/mol. The van der Waals surface area contributed by atoms with Gasteiger partial charge in [-0.05, 0) is 30.9 Å². The molecule has 0 aliphatic carbocycles. The van der Waals surface area contributed by atoms with E-state index >= 15 is 0 Å². The van der Waals surface area contributed by atoms with Crippen molar-refractivity contribution in [2.45, 2.75) is 25.1 Å². The van der Waals surface area contributed by atoms with E-state index in [0.29, 0.717) is 23.4 Å². The summed E-state index contributed by atoms with van der Waals surface area (Å²) in [7, 11) is 0. The van der Waals surface area contributed by atoms with E-state index in [2.05, 4.69) is 15.9 Å². The van der Waals surface area contributed by atoms with Crippen molar-refractivity contribution in [3.8, 4) is 0 Å². The van der Waals surface area contributed by atoms with Gasteiger partial charge < -0.3 is 4.74 Å². The second-order valence-corrected chi connectivity index (χ2v) is 4.54. The lowest BCUT2D eigenvalue weighted by atomic mass is 9.99. The van der Waals surface area contributed by atoms with Gasteiger partial charge in [0.05, 0.1) is 12.2 Å². The Morgan fingerprint density at radius 3 is 2.71 bits per heavy atom. The van der Waals surface area contributed by atoms with Gasteiger partial charge in [-0.15, -0.1) is 11.6 Å². The minimum absolute atomic E-state index is 0.243. The van der Waals surface area contributed by atoms with Crippen molar-refractivity contribution in [1.82, 2.24) is 0 Å². The first-order valence-electron chi connectivity index (χ1n) is 5.64. The number of carbonyl (C=O) groups is 1. The Labute approximate surface area is 115 Å². The number of aryl methyl sites for hydroxylation is 1. The summed E-state index contributed by atoms with van der Waals surface area (Å²) in [5.74, 6) is 0.355. The van der Waals surface area contributed by atoms with Crippen molar-refractivity contribution in [1.29, 1.82) is 0 Å². The highest BCUT2D eigenvalue weighted by atomic mass is 79.9. The molecule has 0 aromatic heterocycles. The molecule has 2 nitrogen and oxygen atoms in total. The molecule has 0 aliphatic rings. The van der Waals surface area contributed by atoms with Gasteiger partial charge in [-0.1, -0.05) is 34.1 Å². The number of alkyl halides is 2. The molecule has 0 bridgehead atoms. The van der Waals surface area contributed by atoms with E-state index in [4.69, 9.17) is 16.3 Å². The molecular formula is C13H16BrClO2. The molecule has 0 radical (unpaired) electrons. The minimum atomic E-state index is -0.243. The molecule has 0 fully saturated rings. The summed E-state index contributed by atoms with van der Waals surface area (Å²) < 4.78 is 5.10. The number of esters is 1. The summed E-state index contributed by atoms with van der Waals surface area (Å²) in [6.45, 7) is 2.21. The maximum absolute atomic E-state index is 11.9. The van der Waals surface area contributed by atoms with Crippen LogP contribution in [0.1, 0.15) is 34.8 Å². The first-order chi connectivity index (χ1) is 8.24. The van der Waals surface area contributed by atoms with Crippen LogP contribution in [0.3, 0.4) is 0 Å².